The van der Waals surface area contributed by atoms with Crippen molar-refractivity contribution in [1.29, 1.82) is 0 Å². The summed E-state index contributed by atoms with van der Waals surface area (Å²) < 4.78 is 13.5. The van der Waals surface area contributed by atoms with Crippen LogP contribution in [0.15, 0.2) is 18.2 Å². The van der Waals surface area contributed by atoms with Gasteiger partial charge in [0.2, 0.25) is 0 Å². The number of Topliss-reactive ketones (excluding diaryl/α,β-unsaturated/α-hetero) is 1. The number of carbonyl (C=O) groups is 1. The van der Waals surface area contributed by atoms with E-state index in [0.717, 1.165) is 0 Å². The first-order valence-electron chi connectivity index (χ1n) is 5.39. The fourth-order valence-corrected chi connectivity index (χ4v) is 1.60. The molecule has 0 saturated heterocycles. The second kappa shape index (κ2) is 5.44. The second-order valence-electron chi connectivity index (χ2n) is 4.39. The van der Waals surface area contributed by atoms with Crippen LogP contribution in [0.3, 0.4) is 0 Å². The minimum atomic E-state index is -0.478. The molecule has 16 heavy (non-hydrogen) atoms. The molecular formula is C13H16ClFO. The first-order valence-corrected chi connectivity index (χ1v) is 5.77. The molecule has 0 spiro atoms. The van der Waals surface area contributed by atoms with Crippen LogP contribution in [0.2, 0.25) is 5.02 Å². The normalized spacial score (nSPS) is 12.9. The Labute approximate surface area is 101 Å². The highest BCUT2D eigenvalue weighted by molar-refractivity contribution is 6.30. The van der Waals surface area contributed by atoms with Crippen molar-refractivity contribution in [3.8, 4) is 0 Å². The van der Waals surface area contributed by atoms with Crippen molar-refractivity contribution in [2.45, 2.75) is 27.2 Å². The second-order valence-corrected chi connectivity index (χ2v) is 4.80. The third-order valence-electron chi connectivity index (χ3n) is 2.90. The molecule has 1 aromatic carbocycles. The predicted molar refractivity (Wildman–Crippen MR) is 64.1 cm³/mol. The average Bonchev–Trinajstić information content (AvgIpc) is 2.23. The highest BCUT2D eigenvalue weighted by Gasteiger charge is 2.18. The number of halogens is 2. The van der Waals surface area contributed by atoms with Crippen LogP contribution in [0.5, 0.6) is 0 Å². The lowest BCUT2D eigenvalue weighted by Crippen LogP contribution is -2.19. The van der Waals surface area contributed by atoms with E-state index in [4.69, 9.17) is 11.6 Å². The molecular weight excluding hydrogens is 227 g/mol. The molecule has 0 N–H and O–H groups in total. The van der Waals surface area contributed by atoms with E-state index in [1.807, 2.05) is 20.8 Å². The molecule has 1 rings (SSSR count). The Morgan fingerprint density at radius 2 is 2.00 bits per heavy atom. The molecule has 0 amide bonds. The Morgan fingerprint density at radius 3 is 2.56 bits per heavy atom. The van der Waals surface area contributed by atoms with Gasteiger partial charge < -0.3 is 0 Å². The molecule has 1 atom stereocenters. The summed E-state index contributed by atoms with van der Waals surface area (Å²) in [7, 11) is 0. The van der Waals surface area contributed by atoms with Crippen molar-refractivity contribution in [2.24, 2.45) is 11.8 Å². The van der Waals surface area contributed by atoms with Crippen LogP contribution < -0.4 is 0 Å². The third-order valence-corrected chi connectivity index (χ3v) is 3.20. The van der Waals surface area contributed by atoms with E-state index < -0.39 is 5.82 Å². The molecule has 0 aliphatic heterocycles. The molecule has 0 heterocycles. The van der Waals surface area contributed by atoms with Crippen molar-refractivity contribution in [2.75, 3.05) is 0 Å². The van der Waals surface area contributed by atoms with Gasteiger partial charge in [0.25, 0.3) is 0 Å². The third kappa shape index (κ3) is 3.05. The Kier molecular flexibility index (Phi) is 4.48. The highest BCUT2D eigenvalue weighted by Crippen LogP contribution is 2.20. The molecule has 1 unspecified atom stereocenters. The van der Waals surface area contributed by atoms with Gasteiger partial charge in [-0.2, -0.15) is 0 Å². The molecule has 0 fully saturated rings. The molecule has 0 radical (unpaired) electrons. The van der Waals surface area contributed by atoms with Gasteiger partial charge in [0.15, 0.2) is 0 Å². The Morgan fingerprint density at radius 1 is 1.38 bits per heavy atom. The molecule has 3 heteroatoms. The fourth-order valence-electron chi connectivity index (χ4n) is 1.41. The van der Waals surface area contributed by atoms with E-state index in [-0.39, 0.29) is 29.1 Å². The number of ketones is 1. The molecule has 0 aromatic heterocycles. The smallest absolute Gasteiger partial charge is 0.145 e. The first-order chi connectivity index (χ1) is 7.43. The Hall–Kier alpha value is -0.890. The van der Waals surface area contributed by atoms with Crippen LogP contribution in [0, 0.1) is 17.7 Å². The zero-order chi connectivity index (χ0) is 12.3. The maximum Gasteiger partial charge on any atom is 0.145 e. The summed E-state index contributed by atoms with van der Waals surface area (Å²) >= 11 is 5.65. The van der Waals surface area contributed by atoms with E-state index in [1.165, 1.54) is 6.07 Å². The Bertz CT molecular complexity index is 388. The summed E-state index contributed by atoms with van der Waals surface area (Å²) in [6, 6.07) is 4.75. The molecule has 0 bridgehead atoms. The molecule has 88 valence electrons. The lowest BCUT2D eigenvalue weighted by molar-refractivity contribution is -0.122. The highest BCUT2D eigenvalue weighted by atomic mass is 35.5. The van der Waals surface area contributed by atoms with Crippen molar-refractivity contribution in [3.05, 3.63) is 34.6 Å². The minimum Gasteiger partial charge on any atom is -0.299 e. The van der Waals surface area contributed by atoms with Gasteiger partial charge >= 0.3 is 0 Å². The SMILES string of the molecule is CC(C)C(C)C(=O)Cc1cccc(Cl)c1F. The number of carbonyl (C=O) groups excluding carboxylic acids is 1. The monoisotopic (exact) mass is 242 g/mol. The van der Waals surface area contributed by atoms with Gasteiger partial charge in [-0.3, -0.25) is 4.79 Å². The van der Waals surface area contributed by atoms with Gasteiger partial charge in [-0.25, -0.2) is 4.39 Å². The number of hydrogen-bond acceptors (Lipinski definition) is 1. The summed E-state index contributed by atoms with van der Waals surface area (Å²) in [6.45, 7) is 5.84. The zero-order valence-electron chi connectivity index (χ0n) is 9.76. The summed E-state index contributed by atoms with van der Waals surface area (Å²) in [5.74, 6) is -0.210. The maximum absolute atomic E-state index is 13.5. The summed E-state index contributed by atoms with van der Waals surface area (Å²) in [5.41, 5.74) is 0.380. The van der Waals surface area contributed by atoms with Crippen LogP contribution in [-0.2, 0) is 11.2 Å². The summed E-state index contributed by atoms with van der Waals surface area (Å²) in [4.78, 5) is 11.8. The lowest BCUT2D eigenvalue weighted by Gasteiger charge is -2.14. The quantitative estimate of drug-likeness (QED) is 0.783. The fraction of sp³-hybridized carbons (Fsp3) is 0.462. The van der Waals surface area contributed by atoms with Crippen molar-refractivity contribution < 1.29 is 9.18 Å². The van der Waals surface area contributed by atoms with Gasteiger partial charge in [0, 0.05) is 12.3 Å². The van der Waals surface area contributed by atoms with Crippen LogP contribution in [0.4, 0.5) is 4.39 Å². The van der Waals surface area contributed by atoms with E-state index >= 15 is 0 Å². The van der Waals surface area contributed by atoms with Crippen LogP contribution in [0.25, 0.3) is 0 Å². The van der Waals surface area contributed by atoms with Crippen LogP contribution in [0.1, 0.15) is 26.3 Å². The van der Waals surface area contributed by atoms with Gasteiger partial charge in [-0.05, 0) is 17.5 Å². The van der Waals surface area contributed by atoms with E-state index in [2.05, 4.69) is 0 Å². The van der Waals surface area contributed by atoms with Crippen LogP contribution >= 0.6 is 11.6 Å². The van der Waals surface area contributed by atoms with E-state index in [9.17, 15) is 9.18 Å². The first kappa shape index (κ1) is 13.2. The molecule has 0 saturated carbocycles. The van der Waals surface area contributed by atoms with E-state index in [0.29, 0.717) is 5.56 Å². The largest absolute Gasteiger partial charge is 0.299 e. The molecule has 0 aliphatic rings. The Balaban J connectivity index is 2.81. The lowest BCUT2D eigenvalue weighted by atomic mass is 9.90. The molecule has 0 aliphatic carbocycles. The number of rotatable bonds is 4. The van der Waals surface area contributed by atoms with Gasteiger partial charge in [-0.15, -0.1) is 0 Å². The van der Waals surface area contributed by atoms with Crippen molar-refractivity contribution in [1.82, 2.24) is 0 Å². The maximum atomic E-state index is 13.5. The van der Waals surface area contributed by atoms with Gasteiger partial charge in [0.1, 0.15) is 11.6 Å². The predicted octanol–water partition coefficient (Wildman–Crippen LogP) is 3.88. The van der Waals surface area contributed by atoms with Crippen molar-refractivity contribution >= 4 is 17.4 Å². The average molecular weight is 243 g/mol. The minimum absolute atomic E-state index is 0.0520. The van der Waals surface area contributed by atoms with E-state index in [1.54, 1.807) is 12.1 Å². The number of hydrogen-bond donors (Lipinski definition) is 0. The molecule has 1 aromatic rings. The van der Waals surface area contributed by atoms with Gasteiger partial charge in [0.05, 0.1) is 5.02 Å². The molecule has 1 nitrogen and oxygen atoms in total. The standard InChI is InChI=1S/C13H16ClFO/c1-8(2)9(3)12(16)7-10-5-4-6-11(14)13(10)15/h4-6,8-9H,7H2,1-3H3. The summed E-state index contributed by atoms with van der Waals surface area (Å²) in [5, 5.41) is 0.0718. The summed E-state index contributed by atoms with van der Waals surface area (Å²) in [6.07, 6.45) is 0.117. The zero-order valence-corrected chi connectivity index (χ0v) is 10.5. The van der Waals surface area contributed by atoms with Crippen LogP contribution in [-0.4, -0.2) is 5.78 Å². The topological polar surface area (TPSA) is 17.1 Å². The van der Waals surface area contributed by atoms with Crippen molar-refractivity contribution in [3.63, 3.8) is 0 Å². The number of benzene rings is 1. The van der Waals surface area contributed by atoms with Gasteiger partial charge in [-0.1, -0.05) is 44.5 Å².